The number of fused-ring (bicyclic) bond motifs is 2. The number of imide groups is 1. The van der Waals surface area contributed by atoms with Gasteiger partial charge in [0.05, 0.1) is 16.6 Å². The fraction of sp³-hybridized carbons (Fsp3) is 0.143. The number of carbonyl (C=O) groups excluding carboxylic acids is 3. The van der Waals surface area contributed by atoms with Gasteiger partial charge in [0.1, 0.15) is 16.7 Å². The lowest BCUT2D eigenvalue weighted by molar-refractivity contribution is -0.122. The molecule has 2 aliphatic heterocycles. The number of amides is 3. The third kappa shape index (κ3) is 4.93. The van der Waals surface area contributed by atoms with E-state index >= 15 is 0 Å². The third-order valence-corrected chi connectivity index (χ3v) is 9.58. The summed E-state index contributed by atoms with van der Waals surface area (Å²) in [6.45, 7) is -0.269. The van der Waals surface area contributed by atoms with Gasteiger partial charge in [0.2, 0.25) is 11.8 Å². The minimum atomic E-state index is -0.729. The van der Waals surface area contributed by atoms with Crippen LogP contribution in [0.25, 0.3) is 0 Å². The number of aromatic hydroxyl groups is 1. The van der Waals surface area contributed by atoms with E-state index in [2.05, 4.69) is 26.2 Å². The van der Waals surface area contributed by atoms with Crippen LogP contribution in [0, 0.1) is 5.92 Å². The number of thiazole rings is 1. The summed E-state index contributed by atoms with van der Waals surface area (Å²) in [5.41, 5.74) is 1.70. The van der Waals surface area contributed by atoms with Gasteiger partial charge in [-0.25, -0.2) is 4.90 Å². The number of phenols is 1. The molecule has 12 heteroatoms. The average Bonchev–Trinajstić information content (AvgIpc) is 3.43. The average molecular weight is 639 g/mol. The number of anilines is 2. The van der Waals surface area contributed by atoms with Crippen molar-refractivity contribution in [3.63, 3.8) is 0 Å². The number of thioether (sulfide) groups is 1. The number of hydrogen-bond donors (Lipinski definition) is 3. The van der Waals surface area contributed by atoms with Gasteiger partial charge >= 0.3 is 4.87 Å². The Kier molecular flexibility index (Phi) is 6.99. The smallest absolute Gasteiger partial charge is 0.305 e. The second-order valence-electron chi connectivity index (χ2n) is 9.19. The van der Waals surface area contributed by atoms with Gasteiger partial charge in [0.15, 0.2) is 6.61 Å². The molecule has 3 N–H and O–H groups in total. The molecule has 40 heavy (non-hydrogen) atoms. The Labute approximate surface area is 244 Å². The second kappa shape index (κ2) is 10.6. The van der Waals surface area contributed by atoms with Crippen LogP contribution in [0.1, 0.15) is 16.4 Å². The molecular formula is C28H20BrN3O6S2. The monoisotopic (exact) mass is 637 g/mol. The van der Waals surface area contributed by atoms with Crippen LogP contribution in [0.5, 0.6) is 11.5 Å². The number of benzene rings is 3. The number of H-pyrrole nitrogens is 1. The maximum absolute atomic E-state index is 13.8. The highest BCUT2D eigenvalue weighted by molar-refractivity contribution is 9.10. The molecule has 1 saturated heterocycles. The Morgan fingerprint density at radius 1 is 1.02 bits per heavy atom. The Bertz CT molecular complexity index is 1690. The predicted octanol–water partition coefficient (Wildman–Crippen LogP) is 4.72. The summed E-state index contributed by atoms with van der Waals surface area (Å²) in [5, 5.41) is 12.0. The highest BCUT2D eigenvalue weighted by atomic mass is 79.9. The zero-order valence-electron chi connectivity index (χ0n) is 20.5. The first-order chi connectivity index (χ1) is 19.3. The minimum absolute atomic E-state index is 0.0902. The van der Waals surface area contributed by atoms with Gasteiger partial charge in [-0.15, -0.1) is 0 Å². The van der Waals surface area contributed by atoms with E-state index in [1.165, 1.54) is 28.8 Å². The zero-order valence-corrected chi connectivity index (χ0v) is 23.7. The molecule has 3 heterocycles. The molecule has 4 aromatic rings. The number of carbonyl (C=O) groups is 3. The van der Waals surface area contributed by atoms with E-state index in [0.717, 1.165) is 15.8 Å². The van der Waals surface area contributed by atoms with E-state index in [1.54, 1.807) is 54.6 Å². The lowest BCUT2D eigenvalue weighted by Gasteiger charge is -2.30. The Morgan fingerprint density at radius 3 is 2.52 bits per heavy atom. The Morgan fingerprint density at radius 2 is 1.77 bits per heavy atom. The molecule has 1 aromatic heterocycles. The highest BCUT2D eigenvalue weighted by Gasteiger charge is 2.56. The van der Waals surface area contributed by atoms with E-state index in [1.807, 2.05) is 6.07 Å². The molecule has 3 atom stereocenters. The van der Waals surface area contributed by atoms with Gasteiger partial charge < -0.3 is 20.1 Å². The molecule has 1 fully saturated rings. The molecule has 0 radical (unpaired) electrons. The summed E-state index contributed by atoms with van der Waals surface area (Å²) in [5.74, 6) is -1.85. The van der Waals surface area contributed by atoms with Crippen molar-refractivity contribution < 1.29 is 24.2 Å². The van der Waals surface area contributed by atoms with E-state index in [4.69, 9.17) is 4.74 Å². The lowest BCUT2D eigenvalue weighted by Crippen LogP contribution is -2.32. The minimum Gasteiger partial charge on any atom is -0.508 e. The van der Waals surface area contributed by atoms with Crippen molar-refractivity contribution in [2.75, 3.05) is 16.8 Å². The van der Waals surface area contributed by atoms with E-state index in [9.17, 15) is 24.3 Å². The van der Waals surface area contributed by atoms with Crippen molar-refractivity contribution in [1.82, 2.24) is 4.98 Å². The molecule has 0 spiro atoms. The number of phenolic OH excluding ortho intramolecular Hbond substituents is 1. The number of aromatic amines is 1. The van der Waals surface area contributed by atoms with Crippen molar-refractivity contribution in [3.05, 3.63) is 97.4 Å². The number of nitrogens with zero attached hydrogens (tertiary/aromatic N) is 1. The summed E-state index contributed by atoms with van der Waals surface area (Å²) in [6.07, 6.45) is 0. The molecule has 3 amide bonds. The number of ether oxygens (including phenoxy) is 1. The van der Waals surface area contributed by atoms with Crippen LogP contribution < -0.4 is 19.8 Å². The van der Waals surface area contributed by atoms with Crippen LogP contribution in [-0.2, 0) is 14.4 Å². The van der Waals surface area contributed by atoms with Crippen LogP contribution in [0.4, 0.5) is 11.4 Å². The van der Waals surface area contributed by atoms with Crippen molar-refractivity contribution in [2.24, 2.45) is 5.92 Å². The molecule has 0 saturated carbocycles. The molecule has 2 aliphatic rings. The predicted molar refractivity (Wildman–Crippen MR) is 155 cm³/mol. The summed E-state index contributed by atoms with van der Waals surface area (Å²) in [7, 11) is 0. The molecule has 2 unspecified atom stereocenters. The van der Waals surface area contributed by atoms with Crippen LogP contribution in [0.15, 0.2) is 87.1 Å². The zero-order chi connectivity index (χ0) is 28.0. The molecule has 0 bridgehead atoms. The maximum Gasteiger partial charge on any atom is 0.305 e. The van der Waals surface area contributed by atoms with Crippen molar-refractivity contribution in [3.8, 4) is 11.5 Å². The first-order valence-electron chi connectivity index (χ1n) is 12.1. The van der Waals surface area contributed by atoms with Crippen molar-refractivity contribution in [1.29, 1.82) is 0 Å². The van der Waals surface area contributed by atoms with Crippen molar-refractivity contribution >= 4 is 68.1 Å². The summed E-state index contributed by atoms with van der Waals surface area (Å²) >= 11 is 5.62. The maximum atomic E-state index is 13.8. The first-order valence-corrected chi connectivity index (χ1v) is 14.6. The van der Waals surface area contributed by atoms with Gasteiger partial charge in [0, 0.05) is 21.0 Å². The molecular weight excluding hydrogens is 618 g/mol. The second-order valence-corrected chi connectivity index (χ2v) is 12.3. The van der Waals surface area contributed by atoms with Gasteiger partial charge in [-0.3, -0.25) is 19.2 Å². The first kappa shape index (κ1) is 26.4. The molecule has 3 aromatic carbocycles. The van der Waals surface area contributed by atoms with E-state index < -0.39 is 23.0 Å². The SMILES string of the molecule is O=C(COc1cccc([C@H]2c3sc(=O)[nH]c3SC3C(=O)N(c4ccc(Br)cc4)C(=O)C32)c1)Nc1ccc(O)cc1. The topological polar surface area (TPSA) is 129 Å². The van der Waals surface area contributed by atoms with Crippen LogP contribution in [0.3, 0.4) is 0 Å². The van der Waals surface area contributed by atoms with E-state index in [-0.39, 0.29) is 29.0 Å². The standard InChI is InChI=1S/C28H20BrN3O6S2/c29-15-4-8-17(9-5-15)32-26(35)22-21(23-25(31-28(37)40-23)39-24(22)27(32)36)14-2-1-3-19(12-14)38-13-20(34)30-16-6-10-18(33)11-7-16/h1-12,21-22,24,33H,13H2,(H,30,34)(H,31,37)/t21-,22?,24?/m1/s1. The fourth-order valence-electron chi connectivity index (χ4n) is 4.91. The normalized spacial score (nSPS) is 19.7. The molecule has 6 rings (SSSR count). The van der Waals surface area contributed by atoms with Gasteiger partial charge in [-0.1, -0.05) is 51.2 Å². The van der Waals surface area contributed by atoms with Crippen molar-refractivity contribution in [2.45, 2.75) is 16.2 Å². The fourth-order valence-corrected chi connectivity index (χ4v) is 7.69. The van der Waals surface area contributed by atoms with Crippen LogP contribution in [-0.4, -0.2) is 39.7 Å². The number of nitrogens with one attached hydrogen (secondary N) is 2. The summed E-state index contributed by atoms with van der Waals surface area (Å²) < 4.78 is 6.58. The molecule has 202 valence electrons. The largest absolute Gasteiger partial charge is 0.508 e. The Balaban J connectivity index is 1.28. The summed E-state index contributed by atoms with van der Waals surface area (Å²) in [4.78, 5) is 56.6. The van der Waals surface area contributed by atoms with Gasteiger partial charge in [-0.2, -0.15) is 0 Å². The number of aromatic nitrogens is 1. The lowest BCUT2D eigenvalue weighted by atomic mass is 9.83. The summed E-state index contributed by atoms with van der Waals surface area (Å²) in [6, 6.07) is 20.1. The van der Waals surface area contributed by atoms with Crippen LogP contribution >= 0.6 is 39.0 Å². The number of hydrogen-bond acceptors (Lipinski definition) is 8. The number of halogens is 1. The molecule has 0 aliphatic carbocycles. The van der Waals surface area contributed by atoms with Gasteiger partial charge in [0.25, 0.3) is 5.91 Å². The van der Waals surface area contributed by atoms with Crippen LogP contribution in [0.2, 0.25) is 0 Å². The van der Waals surface area contributed by atoms with Gasteiger partial charge in [-0.05, 0) is 66.2 Å². The quantitative estimate of drug-likeness (QED) is 0.206. The third-order valence-electron chi connectivity index (χ3n) is 6.65. The van der Waals surface area contributed by atoms with E-state index in [0.29, 0.717) is 32.6 Å². The Hall–Kier alpha value is -3.87. The molecule has 9 nitrogen and oxygen atoms in total. The number of rotatable bonds is 6. The highest BCUT2D eigenvalue weighted by Crippen LogP contribution is 2.53.